The van der Waals surface area contributed by atoms with Gasteiger partial charge in [-0.05, 0) is 20.9 Å². The molecule has 0 aliphatic heterocycles. The van der Waals surface area contributed by atoms with Gasteiger partial charge in [-0.3, -0.25) is 18.8 Å². The Morgan fingerprint density at radius 1 is 1.32 bits per heavy atom. The first kappa shape index (κ1) is 14.9. The molecule has 0 bridgehead atoms. The van der Waals surface area contributed by atoms with Gasteiger partial charge in [-0.1, -0.05) is 0 Å². The maximum Gasteiger partial charge on any atom is 0.258 e. The van der Waals surface area contributed by atoms with Crippen LogP contribution in [0.2, 0.25) is 0 Å². The van der Waals surface area contributed by atoms with Crippen molar-refractivity contribution in [2.75, 3.05) is 7.05 Å². The lowest BCUT2D eigenvalue weighted by molar-refractivity contribution is 0.314. The first-order valence-electron chi connectivity index (χ1n) is 7.09. The van der Waals surface area contributed by atoms with Gasteiger partial charge >= 0.3 is 0 Å². The Labute approximate surface area is 132 Å². The van der Waals surface area contributed by atoms with E-state index in [9.17, 15) is 4.79 Å². The van der Waals surface area contributed by atoms with Gasteiger partial charge in [0.2, 0.25) is 0 Å². The highest BCUT2D eigenvalue weighted by atomic mass is 32.1. The van der Waals surface area contributed by atoms with E-state index in [0.29, 0.717) is 6.54 Å². The average molecular weight is 317 g/mol. The van der Waals surface area contributed by atoms with Crippen molar-refractivity contribution in [3.8, 4) is 0 Å². The van der Waals surface area contributed by atoms with Crippen molar-refractivity contribution in [2.45, 2.75) is 26.9 Å². The second-order valence-corrected chi connectivity index (χ2v) is 6.84. The Kier molecular flexibility index (Phi) is 3.84. The summed E-state index contributed by atoms with van der Waals surface area (Å²) >= 11 is 1.54. The van der Waals surface area contributed by atoms with Crippen molar-refractivity contribution in [1.29, 1.82) is 0 Å². The Morgan fingerprint density at radius 3 is 2.77 bits per heavy atom. The Morgan fingerprint density at radius 2 is 2.09 bits per heavy atom. The standard InChI is InChI=1S/C15H19N5OS/c1-10-7-20-14(21)5-13(17-15(20)22-10)9-18(3)8-12-6-16-19(4)11(12)2/h5-7H,8-9H2,1-4H3. The minimum absolute atomic E-state index is 0.0182. The number of hydrogen-bond donors (Lipinski definition) is 0. The van der Waals surface area contributed by atoms with E-state index in [1.807, 2.05) is 38.1 Å². The van der Waals surface area contributed by atoms with E-state index < -0.39 is 0 Å². The zero-order valence-electron chi connectivity index (χ0n) is 13.2. The van der Waals surface area contributed by atoms with Crippen LogP contribution in [0, 0.1) is 13.8 Å². The number of rotatable bonds is 4. The van der Waals surface area contributed by atoms with Crippen LogP contribution in [-0.4, -0.2) is 31.1 Å². The van der Waals surface area contributed by atoms with E-state index in [1.165, 1.54) is 16.9 Å². The van der Waals surface area contributed by atoms with Gasteiger partial charge in [-0.25, -0.2) is 4.98 Å². The lowest BCUT2D eigenvalue weighted by Gasteiger charge is -2.15. The maximum absolute atomic E-state index is 12.1. The summed E-state index contributed by atoms with van der Waals surface area (Å²) in [6.45, 7) is 5.46. The fraction of sp³-hybridized carbons (Fsp3) is 0.400. The summed E-state index contributed by atoms with van der Waals surface area (Å²) in [6, 6.07) is 1.62. The van der Waals surface area contributed by atoms with Crippen molar-refractivity contribution in [3.63, 3.8) is 0 Å². The number of fused-ring (bicyclic) bond motifs is 1. The van der Waals surface area contributed by atoms with Crippen LogP contribution in [0.1, 0.15) is 21.8 Å². The van der Waals surface area contributed by atoms with Gasteiger partial charge in [0.05, 0.1) is 11.9 Å². The van der Waals surface area contributed by atoms with Crippen LogP contribution in [0.25, 0.3) is 4.96 Å². The number of hydrogen-bond acceptors (Lipinski definition) is 5. The predicted octanol–water partition coefficient (Wildman–Crippen LogP) is 1.74. The van der Waals surface area contributed by atoms with E-state index in [2.05, 4.69) is 21.9 Å². The minimum Gasteiger partial charge on any atom is -0.296 e. The summed E-state index contributed by atoms with van der Waals surface area (Å²) in [4.78, 5) is 20.7. The zero-order valence-corrected chi connectivity index (χ0v) is 14.0. The van der Waals surface area contributed by atoms with Gasteiger partial charge < -0.3 is 0 Å². The molecular formula is C15H19N5OS. The summed E-state index contributed by atoms with van der Waals surface area (Å²) in [5, 5.41) is 4.26. The molecule has 3 aromatic heterocycles. The summed E-state index contributed by atoms with van der Waals surface area (Å²) in [5.41, 5.74) is 3.13. The van der Waals surface area contributed by atoms with Gasteiger partial charge in [-0.15, -0.1) is 11.3 Å². The third-order valence-corrected chi connectivity index (χ3v) is 4.64. The van der Waals surface area contributed by atoms with E-state index in [0.717, 1.165) is 27.8 Å². The summed E-state index contributed by atoms with van der Waals surface area (Å²) < 4.78 is 3.48. The maximum atomic E-state index is 12.1. The summed E-state index contributed by atoms with van der Waals surface area (Å²) in [5.74, 6) is 0. The lowest BCUT2D eigenvalue weighted by atomic mass is 10.2. The molecule has 116 valence electrons. The second kappa shape index (κ2) is 5.66. The van der Waals surface area contributed by atoms with Crippen LogP contribution < -0.4 is 5.56 Å². The number of aryl methyl sites for hydroxylation is 2. The molecule has 0 fully saturated rings. The summed E-state index contributed by atoms with van der Waals surface area (Å²) in [6.07, 6.45) is 3.72. The van der Waals surface area contributed by atoms with Crippen LogP contribution in [0.5, 0.6) is 0 Å². The molecule has 7 heteroatoms. The summed E-state index contributed by atoms with van der Waals surface area (Å²) in [7, 11) is 3.96. The van der Waals surface area contributed by atoms with E-state index in [-0.39, 0.29) is 5.56 Å². The van der Waals surface area contributed by atoms with Crippen LogP contribution in [0.15, 0.2) is 23.3 Å². The quantitative estimate of drug-likeness (QED) is 0.735. The van der Waals surface area contributed by atoms with Crippen molar-refractivity contribution < 1.29 is 0 Å². The van der Waals surface area contributed by atoms with Gasteiger partial charge in [0.15, 0.2) is 4.96 Å². The normalized spacial score (nSPS) is 11.7. The average Bonchev–Trinajstić information content (AvgIpc) is 2.96. The van der Waals surface area contributed by atoms with E-state index in [4.69, 9.17) is 0 Å². The molecule has 0 radical (unpaired) electrons. The van der Waals surface area contributed by atoms with Gasteiger partial charge in [0.25, 0.3) is 5.56 Å². The molecule has 6 nitrogen and oxygen atoms in total. The lowest BCUT2D eigenvalue weighted by Crippen LogP contribution is -2.21. The van der Waals surface area contributed by atoms with E-state index in [1.54, 1.807) is 10.5 Å². The number of nitrogens with zero attached hydrogens (tertiary/aromatic N) is 5. The molecule has 0 aliphatic carbocycles. The first-order valence-corrected chi connectivity index (χ1v) is 7.90. The van der Waals surface area contributed by atoms with Crippen LogP contribution in [0.4, 0.5) is 0 Å². The van der Waals surface area contributed by atoms with Crippen LogP contribution >= 0.6 is 11.3 Å². The number of thiazole rings is 1. The minimum atomic E-state index is -0.0182. The highest BCUT2D eigenvalue weighted by Crippen LogP contribution is 2.14. The van der Waals surface area contributed by atoms with Crippen molar-refractivity contribution in [2.24, 2.45) is 7.05 Å². The highest BCUT2D eigenvalue weighted by molar-refractivity contribution is 7.16. The predicted molar refractivity (Wildman–Crippen MR) is 87.2 cm³/mol. The molecule has 0 unspecified atom stereocenters. The molecule has 0 aliphatic rings. The van der Waals surface area contributed by atoms with E-state index >= 15 is 0 Å². The molecule has 0 aromatic carbocycles. The molecule has 3 aromatic rings. The zero-order chi connectivity index (χ0) is 15.9. The Bertz CT molecular complexity index is 876. The monoisotopic (exact) mass is 317 g/mol. The Balaban J connectivity index is 1.80. The Hall–Kier alpha value is -1.99. The molecule has 3 heterocycles. The van der Waals surface area contributed by atoms with Crippen LogP contribution in [-0.2, 0) is 20.1 Å². The van der Waals surface area contributed by atoms with Gasteiger partial charge in [-0.2, -0.15) is 5.10 Å². The molecule has 0 spiro atoms. The first-order chi connectivity index (χ1) is 10.4. The third kappa shape index (κ3) is 2.82. The van der Waals surface area contributed by atoms with Crippen LogP contribution in [0.3, 0.4) is 0 Å². The largest absolute Gasteiger partial charge is 0.296 e. The third-order valence-electron chi connectivity index (χ3n) is 3.75. The highest BCUT2D eigenvalue weighted by Gasteiger charge is 2.10. The van der Waals surface area contributed by atoms with Crippen molar-refractivity contribution in [3.05, 3.63) is 50.6 Å². The molecule has 0 amide bonds. The molecule has 0 atom stereocenters. The molecule has 0 saturated carbocycles. The molecule has 22 heavy (non-hydrogen) atoms. The molecule has 0 N–H and O–H groups in total. The number of aromatic nitrogens is 4. The molecule has 3 rings (SSSR count). The molecule has 0 saturated heterocycles. The smallest absolute Gasteiger partial charge is 0.258 e. The SMILES string of the molecule is Cc1cn2c(=O)cc(CN(C)Cc3cnn(C)c3C)nc2s1. The van der Waals surface area contributed by atoms with Gasteiger partial charge in [0, 0.05) is 48.5 Å². The van der Waals surface area contributed by atoms with Crippen molar-refractivity contribution >= 4 is 16.3 Å². The topological polar surface area (TPSA) is 55.4 Å². The van der Waals surface area contributed by atoms with Crippen molar-refractivity contribution in [1.82, 2.24) is 24.1 Å². The fourth-order valence-electron chi connectivity index (χ4n) is 2.46. The fourth-order valence-corrected chi connectivity index (χ4v) is 3.31. The van der Waals surface area contributed by atoms with Gasteiger partial charge in [0.1, 0.15) is 0 Å². The molecular weight excluding hydrogens is 298 g/mol. The second-order valence-electron chi connectivity index (χ2n) is 5.63.